The Kier molecular flexibility index (Phi) is 8.66. The van der Waals surface area contributed by atoms with E-state index in [4.69, 9.17) is 4.74 Å². The molecule has 1 unspecified atom stereocenters. The lowest BCUT2D eigenvalue weighted by atomic mass is 9.87. The molecule has 4 heteroatoms. The fraction of sp³-hybridized carbons (Fsp3) is 0.300. The minimum atomic E-state index is -0.755. The molecule has 2 N–H and O–H groups in total. The molecule has 4 rings (SSSR count). The molecule has 2 atom stereocenters. The quantitative estimate of drug-likeness (QED) is 0.342. The van der Waals surface area contributed by atoms with Crippen molar-refractivity contribution >= 4 is 5.97 Å². The number of carboxylic acid groups (broad SMARTS) is 1. The Morgan fingerprint density at radius 1 is 0.882 bits per heavy atom. The third-order valence-corrected chi connectivity index (χ3v) is 6.43. The van der Waals surface area contributed by atoms with Crippen molar-refractivity contribution in [1.29, 1.82) is 0 Å². The van der Waals surface area contributed by atoms with E-state index < -0.39 is 5.97 Å². The average Bonchev–Trinajstić information content (AvgIpc) is 2.88. The Labute approximate surface area is 202 Å². The molecule has 3 aromatic carbocycles. The number of hydrogen-bond donors (Lipinski definition) is 2. The predicted molar refractivity (Wildman–Crippen MR) is 136 cm³/mol. The first-order valence-corrected chi connectivity index (χ1v) is 12.1. The number of rotatable bonds is 11. The van der Waals surface area contributed by atoms with Crippen molar-refractivity contribution in [3.05, 3.63) is 119 Å². The Hall–Kier alpha value is -3.21. The standard InChI is InChI=1S/C30H33NO3/c32-29(33)22-27(24-10-4-1-5-11-24)21-28-20-23(16-18-31-28)17-19-34-30(25-12-6-2-7-13-25)26-14-8-3-9-15-26/h1-15,20,27-28,30-31H,16-19,21-22H2,(H,32,33)/t27?,28-/m0/s1. The van der Waals surface area contributed by atoms with Gasteiger partial charge in [-0.05, 0) is 48.4 Å². The van der Waals surface area contributed by atoms with Crippen molar-refractivity contribution in [2.75, 3.05) is 13.2 Å². The average molecular weight is 456 g/mol. The molecule has 1 heterocycles. The zero-order chi connectivity index (χ0) is 23.6. The summed E-state index contributed by atoms with van der Waals surface area (Å²) in [7, 11) is 0. The molecular weight excluding hydrogens is 422 g/mol. The van der Waals surface area contributed by atoms with Gasteiger partial charge in [-0.2, -0.15) is 0 Å². The molecule has 0 aromatic heterocycles. The molecule has 0 aliphatic carbocycles. The van der Waals surface area contributed by atoms with E-state index in [2.05, 4.69) is 59.9 Å². The second-order valence-corrected chi connectivity index (χ2v) is 8.90. The van der Waals surface area contributed by atoms with Crippen LogP contribution in [0.4, 0.5) is 0 Å². The molecule has 0 fully saturated rings. The molecule has 0 spiro atoms. The Morgan fingerprint density at radius 3 is 2.00 bits per heavy atom. The third-order valence-electron chi connectivity index (χ3n) is 6.43. The van der Waals surface area contributed by atoms with Crippen LogP contribution in [0.5, 0.6) is 0 Å². The second-order valence-electron chi connectivity index (χ2n) is 8.90. The van der Waals surface area contributed by atoms with Crippen LogP contribution in [0.1, 0.15) is 54.4 Å². The summed E-state index contributed by atoms with van der Waals surface area (Å²) in [5.41, 5.74) is 4.78. The topological polar surface area (TPSA) is 58.6 Å². The molecule has 4 nitrogen and oxygen atoms in total. The van der Waals surface area contributed by atoms with Crippen LogP contribution < -0.4 is 5.32 Å². The van der Waals surface area contributed by atoms with E-state index in [0.29, 0.717) is 6.61 Å². The second kappa shape index (κ2) is 12.3. The maximum Gasteiger partial charge on any atom is 0.303 e. The van der Waals surface area contributed by atoms with Crippen LogP contribution in [0.25, 0.3) is 0 Å². The summed E-state index contributed by atoms with van der Waals surface area (Å²) in [5.74, 6) is -0.765. The van der Waals surface area contributed by atoms with E-state index in [9.17, 15) is 9.90 Å². The van der Waals surface area contributed by atoms with Gasteiger partial charge in [-0.15, -0.1) is 0 Å². The summed E-state index contributed by atoms with van der Waals surface area (Å²) in [6.45, 7) is 1.55. The number of hydrogen-bond acceptors (Lipinski definition) is 3. The smallest absolute Gasteiger partial charge is 0.303 e. The van der Waals surface area contributed by atoms with Gasteiger partial charge in [0, 0.05) is 6.04 Å². The molecule has 0 radical (unpaired) electrons. The highest BCUT2D eigenvalue weighted by Gasteiger charge is 2.22. The molecule has 0 saturated heterocycles. The number of nitrogens with one attached hydrogen (secondary N) is 1. The maximum atomic E-state index is 11.5. The van der Waals surface area contributed by atoms with E-state index in [1.807, 2.05) is 42.5 Å². The molecule has 3 aromatic rings. The summed E-state index contributed by atoms with van der Waals surface area (Å²) in [6, 6.07) is 30.9. The third kappa shape index (κ3) is 6.89. The Bertz CT molecular complexity index is 1010. The molecule has 1 aliphatic rings. The van der Waals surface area contributed by atoms with Crippen LogP contribution in [0, 0.1) is 0 Å². The minimum Gasteiger partial charge on any atom is -0.481 e. The van der Waals surface area contributed by atoms with Crippen molar-refractivity contribution in [3.8, 4) is 0 Å². The Balaban J connectivity index is 1.39. The van der Waals surface area contributed by atoms with Crippen LogP contribution in [0.3, 0.4) is 0 Å². The van der Waals surface area contributed by atoms with Gasteiger partial charge in [-0.25, -0.2) is 0 Å². The van der Waals surface area contributed by atoms with Crippen molar-refractivity contribution in [3.63, 3.8) is 0 Å². The van der Waals surface area contributed by atoms with E-state index >= 15 is 0 Å². The summed E-state index contributed by atoms with van der Waals surface area (Å²) in [6.07, 6.45) is 5.00. The van der Waals surface area contributed by atoms with Crippen LogP contribution in [-0.4, -0.2) is 30.3 Å². The number of ether oxygens (including phenoxy) is 1. The molecule has 0 bridgehead atoms. The van der Waals surface area contributed by atoms with Gasteiger partial charge in [-0.3, -0.25) is 4.79 Å². The van der Waals surface area contributed by atoms with Gasteiger partial charge in [0.15, 0.2) is 0 Å². The van der Waals surface area contributed by atoms with Crippen molar-refractivity contribution in [1.82, 2.24) is 5.32 Å². The van der Waals surface area contributed by atoms with Crippen molar-refractivity contribution < 1.29 is 14.6 Å². The minimum absolute atomic E-state index is 0.0106. The van der Waals surface area contributed by atoms with Crippen LogP contribution in [0.2, 0.25) is 0 Å². The lowest BCUT2D eigenvalue weighted by Crippen LogP contribution is -2.34. The van der Waals surface area contributed by atoms with Crippen molar-refractivity contribution in [2.45, 2.75) is 43.7 Å². The van der Waals surface area contributed by atoms with Crippen LogP contribution >= 0.6 is 0 Å². The zero-order valence-electron chi connectivity index (χ0n) is 19.5. The lowest BCUT2D eigenvalue weighted by Gasteiger charge is -2.27. The Morgan fingerprint density at radius 2 is 1.44 bits per heavy atom. The monoisotopic (exact) mass is 455 g/mol. The fourth-order valence-corrected chi connectivity index (χ4v) is 4.73. The molecule has 34 heavy (non-hydrogen) atoms. The summed E-state index contributed by atoms with van der Waals surface area (Å²) in [4.78, 5) is 11.5. The van der Waals surface area contributed by atoms with Crippen LogP contribution in [0.15, 0.2) is 103 Å². The number of carboxylic acids is 1. The van der Waals surface area contributed by atoms with Gasteiger partial charge < -0.3 is 15.2 Å². The summed E-state index contributed by atoms with van der Waals surface area (Å²) in [5, 5.41) is 13.0. The molecule has 0 saturated carbocycles. The van der Waals surface area contributed by atoms with Gasteiger partial charge in [-0.1, -0.05) is 103 Å². The van der Waals surface area contributed by atoms with Gasteiger partial charge in [0.05, 0.1) is 13.0 Å². The van der Waals surface area contributed by atoms with Crippen molar-refractivity contribution in [2.24, 2.45) is 0 Å². The van der Waals surface area contributed by atoms with Gasteiger partial charge >= 0.3 is 5.97 Å². The normalized spacial score (nSPS) is 16.7. The largest absolute Gasteiger partial charge is 0.481 e. The van der Waals surface area contributed by atoms with Gasteiger partial charge in [0.2, 0.25) is 0 Å². The fourth-order valence-electron chi connectivity index (χ4n) is 4.73. The molecule has 176 valence electrons. The number of carbonyl (C=O) groups is 1. The highest BCUT2D eigenvalue weighted by atomic mass is 16.5. The predicted octanol–water partition coefficient (Wildman–Crippen LogP) is 6.12. The lowest BCUT2D eigenvalue weighted by molar-refractivity contribution is -0.137. The van der Waals surface area contributed by atoms with E-state index in [1.165, 1.54) is 5.57 Å². The SMILES string of the molecule is O=C(O)CC(C[C@@H]1C=C(CCOC(c2ccccc2)c2ccccc2)CCN1)c1ccccc1. The van der Waals surface area contributed by atoms with Crippen LogP contribution in [-0.2, 0) is 9.53 Å². The highest BCUT2D eigenvalue weighted by molar-refractivity contribution is 5.68. The molecule has 1 aliphatic heterocycles. The van der Waals surface area contributed by atoms with E-state index in [1.54, 1.807) is 0 Å². The first-order valence-electron chi connectivity index (χ1n) is 12.1. The molecular formula is C30H33NO3. The number of benzene rings is 3. The summed E-state index contributed by atoms with van der Waals surface area (Å²) >= 11 is 0. The van der Waals surface area contributed by atoms with Gasteiger partial charge in [0.1, 0.15) is 6.10 Å². The zero-order valence-corrected chi connectivity index (χ0v) is 19.5. The summed E-state index contributed by atoms with van der Waals surface area (Å²) < 4.78 is 6.42. The number of aliphatic carboxylic acids is 1. The van der Waals surface area contributed by atoms with E-state index in [-0.39, 0.29) is 24.5 Å². The maximum absolute atomic E-state index is 11.5. The molecule has 0 amide bonds. The highest BCUT2D eigenvalue weighted by Crippen LogP contribution is 2.29. The van der Waals surface area contributed by atoms with E-state index in [0.717, 1.165) is 42.5 Å². The van der Waals surface area contributed by atoms with Gasteiger partial charge in [0.25, 0.3) is 0 Å². The first kappa shape index (κ1) is 23.9. The first-order chi connectivity index (χ1) is 16.7.